The standard InChI is InChI=1S/C106H70F24N4O4/c1-5-9-45-135-67-49-68(136-46-10-6-2)80-83-79(67)87-71(51-13-29-59(30-14-51)99(107,108)109)75(55-21-37-63(38-22-55)103(119,120)121)91-92-77(57-25-41-65(42-26-57)105(125,126)127)73(53-17-33-61(34-18-53)101(113,114)115)89-81-69(137-47-11-7-3)50-70(138-48-12-8-4)82-84(81)86-97(133(89)92)95(131(87)91)85(83)96-98(86)134-90(82)74(54-19-35-62(36-20-54)102(116,117)118)78(58-27-43-66(44-28-58)106(128,129)130)94(134)93-76(56-23-39-64(40-24-56)104(122,123)124)72(88(80)132(93)96)52-15-31-60(32-16-52)100(110,111)112/h13-44,49-50H,5-12,45-48H2,1-4H3. The van der Waals surface area contributed by atoms with E-state index in [9.17, 15) is 0 Å². The molecule has 706 valence electrons. The number of unbranched alkanes of at least 4 members (excludes halogenated alkanes) is 4. The Morgan fingerprint density at radius 2 is 0.312 bits per heavy atom. The molecule has 8 nitrogen and oxygen atoms in total. The molecule has 0 N–H and O–H groups in total. The van der Waals surface area contributed by atoms with E-state index in [1.165, 1.54) is 12.1 Å². The van der Waals surface area contributed by atoms with Crippen LogP contribution in [0.3, 0.4) is 0 Å². The molecule has 0 atom stereocenters. The predicted octanol–water partition coefficient (Wildman–Crippen LogP) is 34.8. The largest absolute Gasteiger partial charge is 0.493 e. The molecule has 138 heavy (non-hydrogen) atoms. The van der Waals surface area contributed by atoms with Crippen LogP contribution >= 0.6 is 0 Å². The molecule has 10 aromatic heterocycles. The van der Waals surface area contributed by atoms with Gasteiger partial charge in [-0.05, 0) is 167 Å². The zero-order valence-corrected chi connectivity index (χ0v) is 72.6. The van der Waals surface area contributed by atoms with E-state index < -0.39 is 93.9 Å². The molecule has 0 bridgehead atoms. The number of fused-ring (bicyclic) bond motifs is 6. The van der Waals surface area contributed by atoms with Gasteiger partial charge >= 0.3 is 49.4 Å². The van der Waals surface area contributed by atoms with E-state index in [1.807, 2.05) is 27.7 Å². The molecule has 21 rings (SSSR count). The Morgan fingerprint density at radius 3 is 0.442 bits per heavy atom. The van der Waals surface area contributed by atoms with Gasteiger partial charge in [-0.25, -0.2) is 0 Å². The summed E-state index contributed by atoms with van der Waals surface area (Å²) in [4.78, 5) is 0. The molecule has 0 spiro atoms. The van der Waals surface area contributed by atoms with Gasteiger partial charge in [0.15, 0.2) is 0 Å². The zero-order valence-electron chi connectivity index (χ0n) is 72.6. The van der Waals surface area contributed by atoms with E-state index in [1.54, 1.807) is 17.6 Å². The lowest BCUT2D eigenvalue weighted by Gasteiger charge is -2.29. The SMILES string of the molecule is CCCCOc1cc(OCCCC)c2c3c1c1c(-c4ccc(C(F)(F)F)cc4)c(-c4ccc(C(F)(F)F)cc4)c4c5c(-c6ccc(C(F)(F)F)cc6)c(-c6ccc(C(F)(F)F)cc6)c6c7c(OCCCC)cc(OCCCC)c8c7c7c(c(c3c3c7n7c8c(-c8ccc(C(F)(F)F)cc8)c(-c8ccc(C(F)(F)F)cc8)c7c7c(-c8ccc(C(F)(F)F)cc8)c(-c8ccc(C(F)(F)F)cc8)c2n73)n14)n65. The van der Waals surface area contributed by atoms with Crippen LogP contribution in [0.2, 0.25) is 0 Å². The molecule has 0 aliphatic heterocycles. The normalized spacial score (nSPS) is 13.4. The summed E-state index contributed by atoms with van der Waals surface area (Å²) in [7, 11) is 0. The number of alkyl halides is 24. The topological polar surface area (TPSA) is 54.6 Å². The van der Waals surface area contributed by atoms with Gasteiger partial charge in [-0.3, -0.25) is 0 Å². The smallest absolute Gasteiger partial charge is 0.416 e. The van der Waals surface area contributed by atoms with Gasteiger partial charge in [0.2, 0.25) is 0 Å². The first-order valence-corrected chi connectivity index (χ1v) is 44.2. The second-order valence-electron chi connectivity index (χ2n) is 34.7. The molecule has 0 saturated heterocycles. The van der Waals surface area contributed by atoms with Crippen LogP contribution in [0.4, 0.5) is 105 Å². The first-order chi connectivity index (χ1) is 65.5. The van der Waals surface area contributed by atoms with Crippen molar-refractivity contribution in [1.82, 2.24) is 17.6 Å². The number of aromatic nitrogens is 4. The number of halogens is 24. The fourth-order valence-electron chi connectivity index (χ4n) is 20.4. The summed E-state index contributed by atoms with van der Waals surface area (Å²) in [5.74, 6) is -0.436. The summed E-state index contributed by atoms with van der Waals surface area (Å²) in [6.07, 6.45) is -37.9. The van der Waals surface area contributed by atoms with E-state index in [0.717, 1.165) is 194 Å². The molecule has 32 heteroatoms. The van der Waals surface area contributed by atoms with E-state index in [0.29, 0.717) is 25.7 Å². The maximum Gasteiger partial charge on any atom is 0.416 e. The van der Waals surface area contributed by atoms with Gasteiger partial charge in [0.05, 0.1) is 159 Å². The van der Waals surface area contributed by atoms with Gasteiger partial charge in [0.25, 0.3) is 0 Å². The van der Waals surface area contributed by atoms with Crippen molar-refractivity contribution in [2.24, 2.45) is 0 Å². The summed E-state index contributed by atoms with van der Waals surface area (Å²) >= 11 is 0. The van der Waals surface area contributed by atoms with Crippen molar-refractivity contribution in [2.45, 2.75) is 128 Å². The second kappa shape index (κ2) is 31.8. The van der Waals surface area contributed by atoms with Gasteiger partial charge < -0.3 is 36.6 Å². The highest BCUT2D eigenvalue weighted by molar-refractivity contribution is 6.49. The van der Waals surface area contributed by atoms with Crippen LogP contribution in [0.1, 0.15) is 124 Å². The molecule has 0 radical (unpaired) electrons. The average Bonchev–Trinajstić information content (AvgIpc) is 1.45. The van der Waals surface area contributed by atoms with Gasteiger partial charge in [0, 0.05) is 78.2 Å². The Kier molecular flexibility index (Phi) is 20.9. The lowest BCUT2D eigenvalue weighted by atomic mass is 9.87. The van der Waals surface area contributed by atoms with Crippen LogP contribution in [0.15, 0.2) is 206 Å². The van der Waals surface area contributed by atoms with Crippen molar-refractivity contribution in [3.63, 3.8) is 0 Å². The minimum absolute atomic E-state index is 0.00512. The summed E-state index contributed by atoms with van der Waals surface area (Å²) < 4.78 is 410. The average molecular weight is 1920 g/mol. The number of ether oxygens (including phenoxy) is 4. The molecular weight excluding hydrogens is 1850 g/mol. The maximum atomic E-state index is 15.6. The molecule has 0 amide bonds. The summed E-state index contributed by atoms with van der Waals surface area (Å²) in [6.45, 7) is 6.59. The van der Waals surface area contributed by atoms with Crippen molar-refractivity contribution in [3.8, 4) is 112 Å². The van der Waals surface area contributed by atoms with Crippen LogP contribution < -0.4 is 18.9 Å². The van der Waals surface area contributed by atoms with Gasteiger partial charge in [-0.2, -0.15) is 105 Å². The van der Waals surface area contributed by atoms with Crippen molar-refractivity contribution in [3.05, 3.63) is 251 Å². The fraction of sp³-hybridized carbons (Fsp3) is 0.226. The summed E-state index contributed by atoms with van der Waals surface area (Å²) in [5, 5.41) is 0.0543. The number of benzene rings is 11. The third-order valence-corrected chi connectivity index (χ3v) is 26.4. The van der Waals surface area contributed by atoms with Crippen LogP contribution in [0.25, 0.3) is 198 Å². The first-order valence-electron chi connectivity index (χ1n) is 44.2. The molecule has 0 unspecified atom stereocenters. The number of nitrogens with zero attached hydrogens (tertiary/aromatic N) is 4. The fourth-order valence-corrected chi connectivity index (χ4v) is 20.4. The first kappa shape index (κ1) is 90.5. The van der Waals surface area contributed by atoms with Crippen molar-refractivity contribution < 1.29 is 124 Å². The lowest BCUT2D eigenvalue weighted by Crippen LogP contribution is -2.12. The molecular formula is C106H70F24N4O4. The molecule has 0 aliphatic carbocycles. The molecule has 0 aliphatic rings. The van der Waals surface area contributed by atoms with Crippen LogP contribution in [0.5, 0.6) is 23.0 Å². The highest BCUT2D eigenvalue weighted by atomic mass is 19.4. The Labute approximate surface area is 765 Å². The van der Waals surface area contributed by atoms with Gasteiger partial charge in [-0.15, -0.1) is 0 Å². The molecule has 0 fully saturated rings. The highest BCUT2D eigenvalue weighted by Gasteiger charge is 2.47. The summed E-state index contributed by atoms with van der Waals surface area (Å²) in [5.41, 5.74) is -12.6. The lowest BCUT2D eigenvalue weighted by molar-refractivity contribution is -0.138. The Morgan fingerprint density at radius 1 is 0.174 bits per heavy atom. The van der Waals surface area contributed by atoms with Gasteiger partial charge in [-0.1, -0.05) is 150 Å². The molecule has 21 aromatic rings. The third kappa shape index (κ3) is 14.0. The maximum absolute atomic E-state index is 15.6. The molecule has 0 saturated carbocycles. The Hall–Kier alpha value is -13.9. The summed E-state index contributed by atoms with van der Waals surface area (Å²) in [6, 6.07) is 32.5. The molecule has 11 aromatic carbocycles. The second-order valence-corrected chi connectivity index (χ2v) is 34.7. The Bertz CT molecular complexity index is 7300. The van der Waals surface area contributed by atoms with E-state index in [4.69, 9.17) is 18.9 Å². The van der Waals surface area contributed by atoms with Crippen molar-refractivity contribution >= 4 is 109 Å². The highest BCUT2D eigenvalue weighted by Crippen LogP contribution is 2.67. The van der Waals surface area contributed by atoms with Gasteiger partial charge in [0.1, 0.15) is 23.0 Å². The predicted molar refractivity (Wildman–Crippen MR) is 483 cm³/mol. The minimum atomic E-state index is -5.09. The van der Waals surface area contributed by atoms with E-state index >= 15 is 105 Å². The van der Waals surface area contributed by atoms with Crippen LogP contribution in [0, 0.1) is 0 Å². The Balaban J connectivity index is 1.19. The minimum Gasteiger partial charge on any atom is -0.493 e. The van der Waals surface area contributed by atoms with Crippen molar-refractivity contribution in [1.29, 1.82) is 0 Å². The van der Waals surface area contributed by atoms with E-state index in [2.05, 4.69) is 0 Å². The number of hydrogen-bond acceptors (Lipinski definition) is 4. The number of hydrogen-bond donors (Lipinski definition) is 0. The monoisotopic (exact) mass is 1920 g/mol. The molecule has 10 heterocycles. The van der Waals surface area contributed by atoms with E-state index in [-0.39, 0.29) is 273 Å². The van der Waals surface area contributed by atoms with Crippen LogP contribution in [-0.2, 0) is 49.4 Å². The number of rotatable bonds is 24. The van der Waals surface area contributed by atoms with Crippen LogP contribution in [-0.4, -0.2) is 44.0 Å². The number of pyridine rings is 4. The quantitative estimate of drug-likeness (QED) is 0.0262. The van der Waals surface area contributed by atoms with Crippen molar-refractivity contribution in [2.75, 3.05) is 26.4 Å². The zero-order chi connectivity index (χ0) is 97.4. The third-order valence-electron chi connectivity index (χ3n) is 26.4.